The molecule has 0 saturated carbocycles. The van der Waals surface area contributed by atoms with E-state index in [9.17, 15) is 9.59 Å². The Balaban J connectivity index is 1.99. The fraction of sp³-hybridized carbons (Fsp3) is 0.333. The summed E-state index contributed by atoms with van der Waals surface area (Å²) in [6.45, 7) is 2.62. The lowest BCUT2D eigenvalue weighted by Gasteiger charge is -2.12. The molecule has 1 heterocycles. The van der Waals surface area contributed by atoms with E-state index in [0.29, 0.717) is 11.6 Å². The summed E-state index contributed by atoms with van der Waals surface area (Å²) in [5.41, 5.74) is 0.879. The number of carboxylic acids is 1. The predicted molar refractivity (Wildman–Crippen MR) is 77.4 cm³/mol. The number of rotatable bonds is 3. The molecule has 1 aromatic rings. The number of aliphatic carboxylic acids is 1. The highest BCUT2D eigenvalue weighted by atomic mass is 35.5. The molecule has 1 aliphatic rings. The number of likely N-dealkylation sites (tertiary alicyclic amines) is 1. The molecular weight excluding hydrogens is 278 g/mol. The van der Waals surface area contributed by atoms with E-state index in [-0.39, 0.29) is 18.4 Å². The summed E-state index contributed by atoms with van der Waals surface area (Å²) in [7, 11) is 0. The highest BCUT2D eigenvalue weighted by Gasteiger charge is 2.36. The number of carbonyl (C=O) groups is 2. The Morgan fingerprint density at radius 2 is 1.95 bits per heavy atom. The molecule has 2 rings (SSSR count). The molecule has 0 aromatic heterocycles. The Bertz CT molecular complexity index is 539. The van der Waals surface area contributed by atoms with Crippen molar-refractivity contribution in [1.82, 2.24) is 4.90 Å². The third-order valence-electron chi connectivity index (χ3n) is 3.53. The summed E-state index contributed by atoms with van der Waals surface area (Å²) in [6.07, 6.45) is 3.18. The van der Waals surface area contributed by atoms with Gasteiger partial charge in [-0.05, 0) is 29.7 Å². The van der Waals surface area contributed by atoms with Crippen molar-refractivity contribution in [2.24, 2.45) is 11.8 Å². The lowest BCUT2D eigenvalue weighted by atomic mass is 9.99. The van der Waals surface area contributed by atoms with Gasteiger partial charge in [0.2, 0.25) is 5.91 Å². The summed E-state index contributed by atoms with van der Waals surface area (Å²) in [4.78, 5) is 24.6. The van der Waals surface area contributed by atoms with Crippen molar-refractivity contribution in [1.29, 1.82) is 0 Å². The maximum absolute atomic E-state index is 12.0. The molecule has 20 heavy (non-hydrogen) atoms. The number of nitrogens with zero attached hydrogens (tertiary/aromatic N) is 1. The highest BCUT2D eigenvalue weighted by Crippen LogP contribution is 2.23. The molecule has 106 valence electrons. The van der Waals surface area contributed by atoms with Gasteiger partial charge in [0, 0.05) is 24.2 Å². The standard InChI is InChI=1S/C15H16ClNO3/c1-10-8-17(9-13(10)15(19)20)14(18)7-4-11-2-5-12(16)6-3-11/h2-7,10,13H,8-9H2,1H3,(H,19,20)/b7-4+/t10-,13-/m1/s1. The van der Waals surface area contributed by atoms with Gasteiger partial charge in [0.1, 0.15) is 0 Å². The van der Waals surface area contributed by atoms with Gasteiger partial charge in [0.05, 0.1) is 5.92 Å². The van der Waals surface area contributed by atoms with E-state index in [1.807, 2.05) is 19.1 Å². The van der Waals surface area contributed by atoms with Crippen LogP contribution in [0.2, 0.25) is 5.02 Å². The monoisotopic (exact) mass is 293 g/mol. The quantitative estimate of drug-likeness (QED) is 0.871. The molecule has 0 bridgehead atoms. The Hall–Kier alpha value is -1.81. The zero-order valence-corrected chi connectivity index (χ0v) is 11.9. The molecule has 1 saturated heterocycles. The van der Waals surface area contributed by atoms with Gasteiger partial charge < -0.3 is 10.0 Å². The van der Waals surface area contributed by atoms with E-state index in [1.165, 1.54) is 6.08 Å². The van der Waals surface area contributed by atoms with E-state index in [1.54, 1.807) is 23.1 Å². The van der Waals surface area contributed by atoms with Gasteiger partial charge in [-0.2, -0.15) is 0 Å². The SMILES string of the molecule is C[C@@H]1CN(C(=O)/C=C/c2ccc(Cl)cc2)C[C@H]1C(=O)O. The van der Waals surface area contributed by atoms with E-state index in [4.69, 9.17) is 16.7 Å². The van der Waals surface area contributed by atoms with Crippen molar-refractivity contribution in [3.8, 4) is 0 Å². The summed E-state index contributed by atoms with van der Waals surface area (Å²) in [5.74, 6) is -1.48. The summed E-state index contributed by atoms with van der Waals surface area (Å²) in [6, 6.07) is 7.14. The van der Waals surface area contributed by atoms with E-state index < -0.39 is 11.9 Å². The van der Waals surface area contributed by atoms with E-state index >= 15 is 0 Å². The predicted octanol–water partition coefficient (Wildman–Crippen LogP) is 2.53. The summed E-state index contributed by atoms with van der Waals surface area (Å²) >= 11 is 5.78. The maximum Gasteiger partial charge on any atom is 0.308 e. The van der Waals surface area contributed by atoms with Crippen LogP contribution < -0.4 is 0 Å². The molecule has 0 aliphatic carbocycles. The average molecular weight is 294 g/mol. The first kappa shape index (κ1) is 14.6. The number of hydrogen-bond acceptors (Lipinski definition) is 2. The third kappa shape index (κ3) is 3.39. The fourth-order valence-electron chi connectivity index (χ4n) is 2.32. The Morgan fingerprint density at radius 1 is 1.30 bits per heavy atom. The van der Waals surface area contributed by atoms with E-state index in [2.05, 4.69) is 0 Å². The van der Waals surface area contributed by atoms with Gasteiger partial charge in [-0.15, -0.1) is 0 Å². The van der Waals surface area contributed by atoms with Crippen molar-refractivity contribution in [2.75, 3.05) is 13.1 Å². The first-order chi connectivity index (χ1) is 9.47. The lowest BCUT2D eigenvalue weighted by molar-refractivity contribution is -0.142. The van der Waals surface area contributed by atoms with Gasteiger partial charge in [-0.25, -0.2) is 0 Å². The van der Waals surface area contributed by atoms with Gasteiger partial charge in [0.15, 0.2) is 0 Å². The van der Waals surface area contributed by atoms with Crippen LogP contribution in [0.1, 0.15) is 12.5 Å². The number of halogens is 1. The van der Waals surface area contributed by atoms with Crippen molar-refractivity contribution in [3.63, 3.8) is 0 Å². The van der Waals surface area contributed by atoms with Crippen LogP contribution in [0.5, 0.6) is 0 Å². The second-order valence-electron chi connectivity index (χ2n) is 5.05. The lowest BCUT2D eigenvalue weighted by Crippen LogP contribution is -2.28. The molecule has 0 spiro atoms. The fourth-order valence-corrected chi connectivity index (χ4v) is 2.44. The molecular formula is C15H16ClNO3. The van der Waals surface area contributed by atoms with Crippen molar-refractivity contribution < 1.29 is 14.7 Å². The molecule has 1 N–H and O–H groups in total. The second kappa shape index (κ2) is 6.09. The first-order valence-corrected chi connectivity index (χ1v) is 6.80. The summed E-state index contributed by atoms with van der Waals surface area (Å²) < 4.78 is 0. The minimum Gasteiger partial charge on any atom is -0.481 e. The van der Waals surface area contributed by atoms with Crippen LogP contribution in [-0.4, -0.2) is 35.0 Å². The van der Waals surface area contributed by atoms with Crippen LogP contribution in [-0.2, 0) is 9.59 Å². The number of hydrogen-bond donors (Lipinski definition) is 1. The van der Waals surface area contributed by atoms with Gasteiger partial charge in [0.25, 0.3) is 0 Å². The summed E-state index contributed by atoms with van der Waals surface area (Å²) in [5, 5.41) is 9.69. The normalized spacial score (nSPS) is 22.4. The number of amides is 1. The number of carboxylic acid groups (broad SMARTS) is 1. The molecule has 1 aromatic carbocycles. The first-order valence-electron chi connectivity index (χ1n) is 6.42. The minimum absolute atomic E-state index is 0.0135. The molecule has 4 nitrogen and oxygen atoms in total. The number of benzene rings is 1. The molecule has 1 aliphatic heterocycles. The largest absolute Gasteiger partial charge is 0.481 e. The van der Waals surface area contributed by atoms with Crippen LogP contribution >= 0.6 is 11.6 Å². The molecule has 2 atom stereocenters. The Morgan fingerprint density at radius 3 is 2.50 bits per heavy atom. The maximum atomic E-state index is 12.0. The smallest absolute Gasteiger partial charge is 0.308 e. The molecule has 1 fully saturated rings. The van der Waals surface area contributed by atoms with Crippen LogP contribution in [0, 0.1) is 11.8 Å². The number of carbonyl (C=O) groups excluding carboxylic acids is 1. The molecule has 5 heteroatoms. The van der Waals surface area contributed by atoms with Crippen molar-refractivity contribution in [2.45, 2.75) is 6.92 Å². The van der Waals surface area contributed by atoms with Crippen LogP contribution in [0.25, 0.3) is 6.08 Å². The van der Waals surface area contributed by atoms with Crippen molar-refractivity contribution in [3.05, 3.63) is 40.9 Å². The second-order valence-corrected chi connectivity index (χ2v) is 5.49. The zero-order chi connectivity index (χ0) is 14.7. The van der Waals surface area contributed by atoms with Crippen LogP contribution in [0.3, 0.4) is 0 Å². The molecule has 0 unspecified atom stereocenters. The van der Waals surface area contributed by atoms with E-state index in [0.717, 1.165) is 5.56 Å². The van der Waals surface area contributed by atoms with Crippen molar-refractivity contribution >= 4 is 29.6 Å². The Kier molecular flexibility index (Phi) is 4.45. The van der Waals surface area contributed by atoms with Gasteiger partial charge >= 0.3 is 5.97 Å². The molecule has 0 radical (unpaired) electrons. The zero-order valence-electron chi connectivity index (χ0n) is 11.1. The minimum atomic E-state index is -0.838. The van der Waals surface area contributed by atoms with Gasteiger partial charge in [-0.3, -0.25) is 9.59 Å². The molecule has 1 amide bonds. The topological polar surface area (TPSA) is 57.6 Å². The van der Waals surface area contributed by atoms with Gasteiger partial charge in [-0.1, -0.05) is 30.7 Å². The van der Waals surface area contributed by atoms with Crippen LogP contribution in [0.4, 0.5) is 0 Å². The van der Waals surface area contributed by atoms with Crippen LogP contribution in [0.15, 0.2) is 30.3 Å². The third-order valence-corrected chi connectivity index (χ3v) is 3.78. The highest BCUT2D eigenvalue weighted by molar-refractivity contribution is 6.30. The average Bonchev–Trinajstić information content (AvgIpc) is 2.80. The Labute approximate surface area is 122 Å².